The summed E-state index contributed by atoms with van der Waals surface area (Å²) < 4.78 is 9.60. The maximum absolute atomic E-state index is 5.85. The molecule has 6 heteroatoms. The highest BCUT2D eigenvalue weighted by Gasteiger charge is 2.18. The molecule has 1 aliphatic rings. The van der Waals surface area contributed by atoms with E-state index in [1.165, 1.54) is 11.5 Å². The van der Waals surface area contributed by atoms with Crippen molar-refractivity contribution in [2.24, 2.45) is 0 Å². The number of nitrogens with zero attached hydrogens (tertiary/aromatic N) is 3. The van der Waals surface area contributed by atoms with Gasteiger partial charge in [-0.15, -0.1) is 5.10 Å². The molecular weight excluding hydrogens is 248 g/mol. The summed E-state index contributed by atoms with van der Waals surface area (Å²) in [6.45, 7) is 2.37. The molecule has 0 amide bonds. The van der Waals surface area contributed by atoms with Gasteiger partial charge in [0.2, 0.25) is 0 Å². The number of benzene rings is 1. The topological polar surface area (TPSA) is 64.3 Å². The Labute approximate surface area is 109 Å². The van der Waals surface area contributed by atoms with E-state index in [-0.39, 0.29) is 0 Å². The molecule has 2 N–H and O–H groups in total. The van der Waals surface area contributed by atoms with Crippen LogP contribution in [0.5, 0.6) is 5.75 Å². The van der Waals surface area contributed by atoms with Crippen LogP contribution in [0.4, 0.5) is 10.7 Å². The van der Waals surface area contributed by atoms with Crippen molar-refractivity contribution in [1.29, 1.82) is 0 Å². The molecule has 2 heterocycles. The third-order valence-corrected chi connectivity index (χ3v) is 3.56. The monoisotopic (exact) mass is 262 g/mol. The summed E-state index contributed by atoms with van der Waals surface area (Å²) in [7, 11) is 0. The average Bonchev–Trinajstić information content (AvgIpc) is 2.68. The normalized spacial score (nSPS) is 14.8. The Balaban J connectivity index is 1.90. The number of ether oxygens (including phenoxy) is 1. The Morgan fingerprint density at radius 1 is 1.39 bits per heavy atom. The molecule has 0 spiro atoms. The second kappa shape index (κ2) is 4.81. The lowest BCUT2D eigenvalue weighted by molar-refractivity contribution is 0.322. The lowest BCUT2D eigenvalue weighted by Gasteiger charge is -2.22. The number of aromatic nitrogens is 2. The highest BCUT2D eigenvalue weighted by molar-refractivity contribution is 7.09. The zero-order valence-electron chi connectivity index (χ0n) is 9.87. The summed E-state index contributed by atoms with van der Waals surface area (Å²) in [5, 5.41) is 4.77. The molecule has 1 aromatic carbocycles. The highest BCUT2D eigenvalue weighted by atomic mass is 32.1. The number of para-hydroxylation sites is 2. The quantitative estimate of drug-likeness (QED) is 0.895. The van der Waals surface area contributed by atoms with Crippen molar-refractivity contribution >= 4 is 22.2 Å². The van der Waals surface area contributed by atoms with Gasteiger partial charge in [-0.05, 0) is 18.6 Å². The molecule has 0 unspecified atom stereocenters. The summed E-state index contributed by atoms with van der Waals surface area (Å²) in [6.07, 6.45) is 0.992. The van der Waals surface area contributed by atoms with Gasteiger partial charge in [-0.2, -0.15) is 0 Å². The first-order chi connectivity index (χ1) is 8.84. The standard InChI is InChI=1S/C12H14N4OS/c13-12-9(14-15-18-12)8-16-6-3-7-17-11-5-2-1-4-10(11)16/h1-2,4-5H,3,6-8,13H2. The molecule has 2 aromatic rings. The first-order valence-electron chi connectivity index (χ1n) is 5.88. The molecule has 18 heavy (non-hydrogen) atoms. The van der Waals surface area contributed by atoms with Crippen molar-refractivity contribution in [2.75, 3.05) is 23.8 Å². The van der Waals surface area contributed by atoms with Crippen LogP contribution in [0.2, 0.25) is 0 Å². The number of hydrogen-bond acceptors (Lipinski definition) is 6. The third-order valence-electron chi connectivity index (χ3n) is 2.96. The molecule has 0 saturated carbocycles. The number of nitrogens with two attached hydrogens (primary N) is 1. The summed E-state index contributed by atoms with van der Waals surface area (Å²) in [5.41, 5.74) is 7.80. The number of rotatable bonds is 2. The zero-order chi connectivity index (χ0) is 12.4. The first-order valence-corrected chi connectivity index (χ1v) is 6.65. The molecule has 1 aliphatic heterocycles. The van der Waals surface area contributed by atoms with Gasteiger partial charge in [-0.1, -0.05) is 16.6 Å². The van der Waals surface area contributed by atoms with Gasteiger partial charge in [-0.25, -0.2) is 0 Å². The summed E-state index contributed by atoms with van der Waals surface area (Å²) >= 11 is 1.24. The van der Waals surface area contributed by atoms with E-state index in [1.807, 2.05) is 18.2 Å². The molecule has 0 aliphatic carbocycles. The molecule has 0 atom stereocenters. The molecule has 1 aromatic heterocycles. The van der Waals surface area contributed by atoms with Crippen molar-refractivity contribution in [3.8, 4) is 5.75 Å². The van der Waals surface area contributed by atoms with E-state index >= 15 is 0 Å². The van der Waals surface area contributed by atoms with Gasteiger partial charge in [-0.3, -0.25) is 0 Å². The fourth-order valence-electron chi connectivity index (χ4n) is 2.07. The minimum atomic E-state index is 0.683. The Bertz CT molecular complexity index is 542. The summed E-state index contributed by atoms with van der Waals surface area (Å²) in [6, 6.07) is 8.07. The van der Waals surface area contributed by atoms with Gasteiger partial charge in [0.05, 0.1) is 18.8 Å². The first kappa shape index (κ1) is 11.3. The lowest BCUT2D eigenvalue weighted by atomic mass is 10.2. The third kappa shape index (κ3) is 2.11. The Morgan fingerprint density at radius 3 is 3.11 bits per heavy atom. The van der Waals surface area contributed by atoms with E-state index < -0.39 is 0 Å². The largest absolute Gasteiger partial charge is 0.491 e. The number of nitrogen functional groups attached to an aromatic ring is 1. The van der Waals surface area contributed by atoms with Crippen molar-refractivity contribution in [3.63, 3.8) is 0 Å². The molecule has 0 bridgehead atoms. The predicted molar refractivity (Wildman–Crippen MR) is 71.9 cm³/mol. The van der Waals surface area contributed by atoms with Crippen LogP contribution >= 0.6 is 11.5 Å². The van der Waals surface area contributed by atoms with Crippen LogP contribution in [0.1, 0.15) is 12.1 Å². The van der Waals surface area contributed by atoms with E-state index in [0.29, 0.717) is 11.5 Å². The Morgan fingerprint density at radius 2 is 2.28 bits per heavy atom. The van der Waals surface area contributed by atoms with Crippen LogP contribution < -0.4 is 15.4 Å². The highest BCUT2D eigenvalue weighted by Crippen LogP contribution is 2.32. The van der Waals surface area contributed by atoms with E-state index in [2.05, 4.69) is 20.6 Å². The number of hydrogen-bond donors (Lipinski definition) is 1. The minimum absolute atomic E-state index is 0.683. The minimum Gasteiger partial charge on any atom is -0.491 e. The average molecular weight is 262 g/mol. The fourth-order valence-corrected chi connectivity index (χ4v) is 2.51. The van der Waals surface area contributed by atoms with Crippen LogP contribution in [0.15, 0.2) is 24.3 Å². The second-order valence-corrected chi connectivity index (χ2v) is 4.96. The van der Waals surface area contributed by atoms with Crippen LogP contribution in [0.25, 0.3) is 0 Å². The zero-order valence-corrected chi connectivity index (χ0v) is 10.7. The van der Waals surface area contributed by atoms with Crippen LogP contribution in [-0.4, -0.2) is 22.7 Å². The summed E-state index contributed by atoms with van der Waals surface area (Å²) in [5.74, 6) is 0.928. The van der Waals surface area contributed by atoms with E-state index in [1.54, 1.807) is 0 Å². The molecule has 0 saturated heterocycles. The fraction of sp³-hybridized carbons (Fsp3) is 0.333. The van der Waals surface area contributed by atoms with Gasteiger partial charge in [0.15, 0.2) is 0 Å². The van der Waals surface area contributed by atoms with Gasteiger partial charge >= 0.3 is 0 Å². The van der Waals surface area contributed by atoms with Gasteiger partial charge in [0, 0.05) is 18.1 Å². The van der Waals surface area contributed by atoms with Crippen molar-refractivity contribution in [2.45, 2.75) is 13.0 Å². The van der Waals surface area contributed by atoms with E-state index in [4.69, 9.17) is 10.5 Å². The maximum atomic E-state index is 5.85. The van der Waals surface area contributed by atoms with Gasteiger partial charge < -0.3 is 15.4 Å². The second-order valence-electron chi connectivity index (χ2n) is 4.18. The summed E-state index contributed by atoms with van der Waals surface area (Å²) in [4.78, 5) is 2.25. The van der Waals surface area contributed by atoms with Crippen molar-refractivity contribution < 1.29 is 4.74 Å². The maximum Gasteiger partial charge on any atom is 0.142 e. The molecule has 5 nitrogen and oxygen atoms in total. The number of fused-ring (bicyclic) bond motifs is 1. The van der Waals surface area contributed by atoms with Crippen LogP contribution in [0, 0.1) is 0 Å². The van der Waals surface area contributed by atoms with Crippen LogP contribution in [-0.2, 0) is 6.54 Å². The van der Waals surface area contributed by atoms with E-state index in [9.17, 15) is 0 Å². The van der Waals surface area contributed by atoms with Crippen molar-refractivity contribution in [3.05, 3.63) is 30.0 Å². The smallest absolute Gasteiger partial charge is 0.142 e. The SMILES string of the molecule is Nc1snnc1CN1CCCOc2ccccc21. The van der Waals surface area contributed by atoms with Crippen molar-refractivity contribution in [1.82, 2.24) is 9.59 Å². The number of anilines is 2. The molecule has 3 rings (SSSR count). The van der Waals surface area contributed by atoms with Gasteiger partial charge in [0.25, 0.3) is 0 Å². The lowest BCUT2D eigenvalue weighted by Crippen LogP contribution is -2.23. The molecular formula is C12H14N4OS. The van der Waals surface area contributed by atoms with Gasteiger partial charge in [0.1, 0.15) is 16.4 Å². The molecule has 0 fully saturated rings. The predicted octanol–water partition coefficient (Wildman–Crippen LogP) is 1.91. The Hall–Kier alpha value is -1.82. The Kier molecular flexibility index (Phi) is 3.02. The molecule has 0 radical (unpaired) electrons. The van der Waals surface area contributed by atoms with Crippen LogP contribution in [0.3, 0.4) is 0 Å². The molecule has 94 valence electrons. The van der Waals surface area contributed by atoms with E-state index in [0.717, 1.165) is 36.7 Å².